The molecule has 0 aliphatic carbocycles. The molecule has 0 radical (unpaired) electrons. The smallest absolute Gasteiger partial charge is 0.0735 e. The molecule has 0 spiro atoms. The Labute approximate surface area is 142 Å². The maximum absolute atomic E-state index is 6.25. The maximum atomic E-state index is 6.25. The summed E-state index contributed by atoms with van der Waals surface area (Å²) in [7, 11) is 0. The zero-order chi connectivity index (χ0) is 16.1. The fraction of sp³-hybridized carbons (Fsp3) is 0.0952. The van der Waals surface area contributed by atoms with Crippen molar-refractivity contribution in [3.8, 4) is 11.1 Å². The molecule has 2 heteroatoms. The largest absolute Gasteiger partial charge is 0.285 e. The minimum atomic E-state index is 0.0209. The van der Waals surface area contributed by atoms with Crippen molar-refractivity contribution in [3.63, 3.8) is 0 Å². The van der Waals surface area contributed by atoms with Crippen LogP contribution < -0.4 is 0 Å². The summed E-state index contributed by atoms with van der Waals surface area (Å²) in [6.07, 6.45) is 1.94. The van der Waals surface area contributed by atoms with Gasteiger partial charge in [0.25, 0.3) is 0 Å². The van der Waals surface area contributed by atoms with E-state index in [9.17, 15) is 0 Å². The maximum Gasteiger partial charge on any atom is 0.0735 e. The van der Waals surface area contributed by atoms with E-state index in [2.05, 4.69) is 49.4 Å². The van der Waals surface area contributed by atoms with Gasteiger partial charge in [-0.05, 0) is 29.7 Å². The van der Waals surface area contributed by atoms with E-state index in [4.69, 9.17) is 16.6 Å². The molecule has 0 bridgehead atoms. The summed E-state index contributed by atoms with van der Waals surface area (Å²) < 4.78 is 0. The van der Waals surface area contributed by atoms with E-state index in [1.807, 2.05) is 42.6 Å². The van der Waals surface area contributed by atoms with Crippen LogP contribution in [0.15, 0.2) is 83.9 Å². The van der Waals surface area contributed by atoms with E-state index < -0.39 is 0 Å². The molecule has 0 fully saturated rings. The normalized spacial score (nSPS) is 12.4. The molecular weight excluding hydrogens is 302 g/mol. The third kappa shape index (κ3) is 3.69. The Bertz CT molecular complexity index is 809. The van der Waals surface area contributed by atoms with Crippen LogP contribution in [0.25, 0.3) is 11.1 Å². The van der Waals surface area contributed by atoms with Crippen LogP contribution in [0.4, 0.5) is 0 Å². The van der Waals surface area contributed by atoms with Crippen LogP contribution in [0.3, 0.4) is 0 Å². The summed E-state index contributed by atoms with van der Waals surface area (Å²) in [6.45, 7) is 2.06. The summed E-state index contributed by atoms with van der Waals surface area (Å²) in [5, 5.41) is 0.758. The second-order valence-electron chi connectivity index (χ2n) is 5.43. The first-order valence-electron chi connectivity index (χ1n) is 7.68. The topological polar surface area (TPSA) is 12.4 Å². The minimum absolute atomic E-state index is 0.0209. The standard InChI is InChI=1S/C21H18ClN/c1-16(19-12-7-8-14-21(19)22)23-15-18-11-5-6-13-20(18)17-9-3-2-4-10-17/h2-16H,1H3/b23-15+. The highest BCUT2D eigenvalue weighted by Gasteiger charge is 2.07. The summed E-state index contributed by atoms with van der Waals surface area (Å²) in [5.74, 6) is 0. The highest BCUT2D eigenvalue weighted by molar-refractivity contribution is 6.31. The predicted octanol–water partition coefficient (Wildman–Crippen LogP) is 6.19. The lowest BCUT2D eigenvalue weighted by Crippen LogP contribution is -1.94. The molecule has 0 aromatic heterocycles. The number of hydrogen-bond acceptors (Lipinski definition) is 1. The van der Waals surface area contributed by atoms with Gasteiger partial charge in [0.1, 0.15) is 0 Å². The van der Waals surface area contributed by atoms with Crippen LogP contribution in [0.1, 0.15) is 24.1 Å². The molecular formula is C21H18ClN. The first kappa shape index (κ1) is 15.5. The Kier molecular flexibility index (Phi) is 4.89. The molecule has 0 heterocycles. The van der Waals surface area contributed by atoms with Gasteiger partial charge in [0.15, 0.2) is 0 Å². The number of benzene rings is 3. The quantitative estimate of drug-likeness (QED) is 0.509. The monoisotopic (exact) mass is 319 g/mol. The van der Waals surface area contributed by atoms with Crippen LogP contribution in [0.5, 0.6) is 0 Å². The summed E-state index contributed by atoms with van der Waals surface area (Å²) in [4.78, 5) is 4.70. The first-order chi connectivity index (χ1) is 11.3. The average molecular weight is 320 g/mol. The summed E-state index contributed by atoms with van der Waals surface area (Å²) >= 11 is 6.25. The summed E-state index contributed by atoms with van der Waals surface area (Å²) in [5.41, 5.74) is 4.53. The third-order valence-corrected chi connectivity index (χ3v) is 4.18. The summed E-state index contributed by atoms with van der Waals surface area (Å²) in [6, 6.07) is 26.5. The van der Waals surface area contributed by atoms with E-state index in [1.165, 1.54) is 11.1 Å². The van der Waals surface area contributed by atoms with Crippen molar-refractivity contribution < 1.29 is 0 Å². The lowest BCUT2D eigenvalue weighted by molar-refractivity contribution is 0.825. The van der Waals surface area contributed by atoms with Gasteiger partial charge in [-0.15, -0.1) is 0 Å². The second kappa shape index (κ2) is 7.26. The fourth-order valence-corrected chi connectivity index (χ4v) is 2.87. The highest BCUT2D eigenvalue weighted by Crippen LogP contribution is 2.26. The van der Waals surface area contributed by atoms with Gasteiger partial charge in [0, 0.05) is 16.8 Å². The SMILES string of the molecule is CC(/N=C/c1ccccc1-c1ccccc1)c1ccccc1Cl. The highest BCUT2D eigenvalue weighted by atomic mass is 35.5. The average Bonchev–Trinajstić information content (AvgIpc) is 2.61. The molecule has 23 heavy (non-hydrogen) atoms. The first-order valence-corrected chi connectivity index (χ1v) is 8.05. The van der Waals surface area contributed by atoms with Gasteiger partial charge in [-0.3, -0.25) is 4.99 Å². The van der Waals surface area contributed by atoms with Gasteiger partial charge in [-0.25, -0.2) is 0 Å². The van der Waals surface area contributed by atoms with E-state index in [1.54, 1.807) is 0 Å². The zero-order valence-corrected chi connectivity index (χ0v) is 13.7. The fourth-order valence-electron chi connectivity index (χ4n) is 2.58. The Balaban J connectivity index is 1.90. The predicted molar refractivity (Wildman–Crippen MR) is 99.3 cm³/mol. The van der Waals surface area contributed by atoms with Crippen molar-refractivity contribution in [1.29, 1.82) is 0 Å². The van der Waals surface area contributed by atoms with Crippen LogP contribution in [-0.2, 0) is 0 Å². The molecule has 0 aliphatic rings. The lowest BCUT2D eigenvalue weighted by Gasteiger charge is -2.10. The molecule has 0 amide bonds. The minimum Gasteiger partial charge on any atom is -0.285 e. The Morgan fingerprint density at radius 2 is 1.48 bits per heavy atom. The van der Waals surface area contributed by atoms with E-state index in [-0.39, 0.29) is 6.04 Å². The van der Waals surface area contributed by atoms with Crippen LogP contribution >= 0.6 is 11.6 Å². The van der Waals surface area contributed by atoms with Crippen molar-refractivity contribution in [2.75, 3.05) is 0 Å². The van der Waals surface area contributed by atoms with Crippen molar-refractivity contribution in [3.05, 3.63) is 95.0 Å². The van der Waals surface area contributed by atoms with Crippen LogP contribution in [-0.4, -0.2) is 6.21 Å². The zero-order valence-electron chi connectivity index (χ0n) is 13.0. The van der Waals surface area contributed by atoms with Crippen molar-refractivity contribution in [2.24, 2.45) is 4.99 Å². The number of halogens is 1. The second-order valence-corrected chi connectivity index (χ2v) is 5.84. The Morgan fingerprint density at radius 3 is 2.26 bits per heavy atom. The number of aliphatic imine (C=N–C) groups is 1. The van der Waals surface area contributed by atoms with Gasteiger partial charge in [0.2, 0.25) is 0 Å². The van der Waals surface area contributed by atoms with E-state index in [0.29, 0.717) is 0 Å². The molecule has 3 rings (SSSR count). The van der Waals surface area contributed by atoms with Gasteiger partial charge in [-0.1, -0.05) is 84.4 Å². The van der Waals surface area contributed by atoms with Crippen molar-refractivity contribution >= 4 is 17.8 Å². The van der Waals surface area contributed by atoms with Crippen molar-refractivity contribution in [1.82, 2.24) is 0 Å². The van der Waals surface area contributed by atoms with E-state index in [0.717, 1.165) is 16.1 Å². The molecule has 1 atom stereocenters. The van der Waals surface area contributed by atoms with E-state index >= 15 is 0 Å². The molecule has 3 aromatic carbocycles. The van der Waals surface area contributed by atoms with Gasteiger partial charge < -0.3 is 0 Å². The molecule has 1 unspecified atom stereocenters. The van der Waals surface area contributed by atoms with Gasteiger partial charge >= 0.3 is 0 Å². The van der Waals surface area contributed by atoms with Gasteiger partial charge in [0.05, 0.1) is 6.04 Å². The third-order valence-electron chi connectivity index (χ3n) is 3.84. The van der Waals surface area contributed by atoms with Gasteiger partial charge in [-0.2, -0.15) is 0 Å². The Morgan fingerprint density at radius 1 is 0.826 bits per heavy atom. The Hall–Kier alpha value is -2.38. The molecule has 0 aliphatic heterocycles. The molecule has 0 saturated heterocycles. The number of hydrogen-bond donors (Lipinski definition) is 0. The molecule has 114 valence electrons. The molecule has 0 saturated carbocycles. The lowest BCUT2D eigenvalue weighted by atomic mass is 10.0. The molecule has 1 nitrogen and oxygen atoms in total. The number of nitrogens with zero attached hydrogens (tertiary/aromatic N) is 1. The molecule has 0 N–H and O–H groups in total. The van der Waals surface area contributed by atoms with Crippen LogP contribution in [0, 0.1) is 0 Å². The van der Waals surface area contributed by atoms with Crippen molar-refractivity contribution in [2.45, 2.75) is 13.0 Å². The van der Waals surface area contributed by atoms with Crippen LogP contribution in [0.2, 0.25) is 5.02 Å². The number of rotatable bonds is 4. The molecule has 3 aromatic rings.